The van der Waals surface area contributed by atoms with Gasteiger partial charge in [-0.15, -0.1) is 12.4 Å². The molecule has 0 unspecified atom stereocenters. The molecule has 1 saturated heterocycles. The minimum absolute atomic E-state index is 0. The average molecular weight is 337 g/mol. The molecule has 0 aromatic heterocycles. The Morgan fingerprint density at radius 3 is 2.61 bits per heavy atom. The number of hydrogen-bond donors (Lipinski definition) is 1. The van der Waals surface area contributed by atoms with Crippen LogP contribution in [0.5, 0.6) is 0 Å². The van der Waals surface area contributed by atoms with Gasteiger partial charge < -0.3 is 10.6 Å². The third-order valence-corrected chi connectivity index (χ3v) is 5.42. The number of hydrogen-bond acceptors (Lipinski definition) is 2. The fourth-order valence-electron chi connectivity index (χ4n) is 4.09. The van der Waals surface area contributed by atoms with E-state index < -0.39 is 0 Å². The molecule has 2 fully saturated rings. The van der Waals surface area contributed by atoms with Crippen molar-refractivity contribution in [2.75, 3.05) is 13.1 Å². The van der Waals surface area contributed by atoms with Gasteiger partial charge in [0.25, 0.3) is 0 Å². The molecule has 3 nitrogen and oxygen atoms in total. The van der Waals surface area contributed by atoms with E-state index in [0.29, 0.717) is 30.3 Å². The van der Waals surface area contributed by atoms with Crippen molar-refractivity contribution < 1.29 is 4.79 Å². The summed E-state index contributed by atoms with van der Waals surface area (Å²) in [5.74, 6) is 1.62. The standard InChI is InChI=1S/C19H28N2O.ClH/c20-10-9-18-8-4-5-11-21(18)19(22)14-15-12-17(13-15)16-6-2-1-3-7-16;/h1-3,6-7,15,17-18H,4-5,8-14,20H2;1H/t15?,17?,18-;/m1./s1. The molecule has 1 saturated carbocycles. The molecule has 1 aliphatic heterocycles. The van der Waals surface area contributed by atoms with Gasteiger partial charge in [-0.2, -0.15) is 0 Å². The summed E-state index contributed by atoms with van der Waals surface area (Å²) in [7, 11) is 0. The molecule has 1 aliphatic carbocycles. The van der Waals surface area contributed by atoms with E-state index >= 15 is 0 Å². The Hall–Kier alpha value is -1.06. The topological polar surface area (TPSA) is 46.3 Å². The van der Waals surface area contributed by atoms with Crippen LogP contribution in [0, 0.1) is 5.92 Å². The molecule has 1 atom stereocenters. The second kappa shape index (κ2) is 8.70. The molecule has 0 bridgehead atoms. The van der Waals surface area contributed by atoms with Crippen molar-refractivity contribution in [2.45, 2.75) is 56.9 Å². The van der Waals surface area contributed by atoms with E-state index in [0.717, 1.165) is 32.2 Å². The highest BCUT2D eigenvalue weighted by Crippen LogP contribution is 2.43. The zero-order valence-corrected chi connectivity index (χ0v) is 14.6. The Morgan fingerprint density at radius 1 is 1.17 bits per heavy atom. The second-order valence-electron chi connectivity index (χ2n) is 6.96. The smallest absolute Gasteiger partial charge is 0.223 e. The fraction of sp³-hybridized carbons (Fsp3) is 0.632. The van der Waals surface area contributed by atoms with Gasteiger partial charge in [-0.1, -0.05) is 30.3 Å². The predicted molar refractivity (Wildman–Crippen MR) is 96.8 cm³/mol. The zero-order chi connectivity index (χ0) is 15.4. The zero-order valence-electron chi connectivity index (χ0n) is 13.8. The highest BCUT2D eigenvalue weighted by Gasteiger charge is 2.34. The van der Waals surface area contributed by atoms with Crippen LogP contribution < -0.4 is 5.73 Å². The Labute approximate surface area is 146 Å². The molecular formula is C19H29ClN2O. The summed E-state index contributed by atoms with van der Waals surface area (Å²) < 4.78 is 0. The number of carbonyl (C=O) groups is 1. The minimum Gasteiger partial charge on any atom is -0.340 e. The number of rotatable bonds is 5. The van der Waals surface area contributed by atoms with Gasteiger partial charge in [-0.3, -0.25) is 4.79 Å². The van der Waals surface area contributed by atoms with Crippen molar-refractivity contribution >= 4 is 18.3 Å². The summed E-state index contributed by atoms with van der Waals surface area (Å²) in [5, 5.41) is 0. The molecule has 1 aromatic rings. The summed E-state index contributed by atoms with van der Waals surface area (Å²) in [6, 6.07) is 11.1. The van der Waals surface area contributed by atoms with Gasteiger partial charge in [0.2, 0.25) is 5.91 Å². The van der Waals surface area contributed by atoms with Gasteiger partial charge in [-0.05, 0) is 62.5 Å². The SMILES string of the molecule is Cl.NCC[C@H]1CCCCN1C(=O)CC1CC(c2ccccc2)C1. The Morgan fingerprint density at radius 2 is 1.91 bits per heavy atom. The molecule has 2 aliphatic rings. The number of piperidine rings is 1. The molecule has 1 amide bonds. The molecule has 2 N–H and O–H groups in total. The van der Waals surface area contributed by atoms with Gasteiger partial charge in [0, 0.05) is 19.0 Å². The first-order valence-corrected chi connectivity index (χ1v) is 8.82. The summed E-state index contributed by atoms with van der Waals surface area (Å²) >= 11 is 0. The lowest BCUT2D eigenvalue weighted by atomic mass is 9.70. The maximum absolute atomic E-state index is 12.6. The molecule has 1 heterocycles. The number of benzene rings is 1. The van der Waals surface area contributed by atoms with Crippen molar-refractivity contribution in [3.05, 3.63) is 35.9 Å². The Bertz CT molecular complexity index is 485. The fourth-order valence-corrected chi connectivity index (χ4v) is 4.09. The summed E-state index contributed by atoms with van der Waals surface area (Å²) in [6.45, 7) is 1.63. The van der Waals surface area contributed by atoms with Crippen LogP contribution in [0.15, 0.2) is 30.3 Å². The Kier molecular flexibility index (Phi) is 6.91. The van der Waals surface area contributed by atoms with Gasteiger partial charge in [0.1, 0.15) is 0 Å². The quantitative estimate of drug-likeness (QED) is 0.890. The van der Waals surface area contributed by atoms with Crippen LogP contribution in [0.3, 0.4) is 0 Å². The van der Waals surface area contributed by atoms with Crippen LogP contribution in [0.1, 0.15) is 56.4 Å². The highest BCUT2D eigenvalue weighted by molar-refractivity contribution is 5.85. The third kappa shape index (κ3) is 4.48. The molecule has 1 aromatic carbocycles. The first-order valence-electron chi connectivity index (χ1n) is 8.82. The predicted octanol–water partition coefficient (Wildman–Crippen LogP) is 3.72. The number of amides is 1. The number of likely N-dealkylation sites (tertiary alicyclic amines) is 1. The lowest BCUT2D eigenvalue weighted by Crippen LogP contribution is -2.45. The van der Waals surface area contributed by atoms with Gasteiger partial charge in [-0.25, -0.2) is 0 Å². The van der Waals surface area contributed by atoms with Crippen molar-refractivity contribution in [2.24, 2.45) is 11.7 Å². The number of halogens is 1. The van der Waals surface area contributed by atoms with E-state index in [1.54, 1.807) is 0 Å². The lowest BCUT2D eigenvalue weighted by Gasteiger charge is -2.40. The first kappa shape index (κ1) is 18.3. The van der Waals surface area contributed by atoms with E-state index in [-0.39, 0.29) is 12.4 Å². The monoisotopic (exact) mass is 336 g/mol. The highest BCUT2D eigenvalue weighted by atomic mass is 35.5. The van der Waals surface area contributed by atoms with Crippen molar-refractivity contribution in [1.29, 1.82) is 0 Å². The van der Waals surface area contributed by atoms with Crippen LogP contribution in [0.25, 0.3) is 0 Å². The maximum Gasteiger partial charge on any atom is 0.223 e. The average Bonchev–Trinajstić information content (AvgIpc) is 2.52. The third-order valence-electron chi connectivity index (χ3n) is 5.42. The lowest BCUT2D eigenvalue weighted by molar-refractivity contribution is -0.136. The van der Waals surface area contributed by atoms with Crippen molar-refractivity contribution in [1.82, 2.24) is 4.90 Å². The summed E-state index contributed by atoms with van der Waals surface area (Å²) in [5.41, 5.74) is 7.14. The Balaban J connectivity index is 0.00000192. The van der Waals surface area contributed by atoms with E-state index in [1.165, 1.54) is 24.8 Å². The first-order chi connectivity index (χ1) is 10.8. The van der Waals surface area contributed by atoms with E-state index in [2.05, 4.69) is 35.2 Å². The molecule has 0 spiro atoms. The van der Waals surface area contributed by atoms with E-state index in [1.807, 2.05) is 0 Å². The van der Waals surface area contributed by atoms with Crippen molar-refractivity contribution in [3.8, 4) is 0 Å². The molecular weight excluding hydrogens is 308 g/mol. The molecule has 128 valence electrons. The van der Waals surface area contributed by atoms with Crippen LogP contribution >= 0.6 is 12.4 Å². The minimum atomic E-state index is 0. The summed E-state index contributed by atoms with van der Waals surface area (Å²) in [6.07, 6.45) is 7.59. The van der Waals surface area contributed by atoms with Gasteiger partial charge in [0.05, 0.1) is 0 Å². The molecule has 3 rings (SSSR count). The van der Waals surface area contributed by atoms with Crippen molar-refractivity contribution in [3.63, 3.8) is 0 Å². The van der Waals surface area contributed by atoms with Crippen LogP contribution in [0.2, 0.25) is 0 Å². The normalized spacial score (nSPS) is 27.0. The van der Waals surface area contributed by atoms with Crippen LogP contribution in [0.4, 0.5) is 0 Å². The van der Waals surface area contributed by atoms with Crippen LogP contribution in [-0.2, 0) is 4.79 Å². The number of carbonyl (C=O) groups excluding carboxylic acids is 1. The van der Waals surface area contributed by atoms with E-state index in [4.69, 9.17) is 5.73 Å². The number of nitrogens with two attached hydrogens (primary N) is 1. The second-order valence-corrected chi connectivity index (χ2v) is 6.96. The van der Waals surface area contributed by atoms with E-state index in [9.17, 15) is 4.79 Å². The largest absolute Gasteiger partial charge is 0.340 e. The molecule has 4 heteroatoms. The molecule has 0 radical (unpaired) electrons. The van der Waals surface area contributed by atoms with Gasteiger partial charge in [0.15, 0.2) is 0 Å². The summed E-state index contributed by atoms with van der Waals surface area (Å²) in [4.78, 5) is 14.7. The number of nitrogens with zero attached hydrogens (tertiary/aromatic N) is 1. The van der Waals surface area contributed by atoms with Crippen LogP contribution in [-0.4, -0.2) is 29.9 Å². The van der Waals surface area contributed by atoms with Gasteiger partial charge >= 0.3 is 0 Å². The molecule has 23 heavy (non-hydrogen) atoms. The maximum atomic E-state index is 12.6.